The maximum atomic E-state index is 11.6. The highest BCUT2D eigenvalue weighted by molar-refractivity contribution is 5.95. The van der Waals surface area contributed by atoms with Crippen LogP contribution in [-0.2, 0) is 0 Å². The molecular formula is C13H18N4O. The number of rotatable bonds is 4. The summed E-state index contributed by atoms with van der Waals surface area (Å²) >= 11 is 0. The number of nitrogens with zero attached hydrogens (tertiary/aromatic N) is 3. The highest BCUT2D eigenvalue weighted by Crippen LogP contribution is 2.23. The predicted octanol–water partition coefficient (Wildman–Crippen LogP) is 2.61. The first-order valence-electron chi connectivity index (χ1n) is 6.23. The molecule has 5 nitrogen and oxygen atoms in total. The second-order valence-corrected chi connectivity index (χ2v) is 4.38. The van der Waals surface area contributed by atoms with Gasteiger partial charge in [0.05, 0.1) is 5.39 Å². The van der Waals surface area contributed by atoms with E-state index in [1.54, 1.807) is 11.5 Å². The van der Waals surface area contributed by atoms with E-state index >= 15 is 0 Å². The van der Waals surface area contributed by atoms with Crippen molar-refractivity contribution >= 4 is 22.8 Å². The molecule has 0 unspecified atom stereocenters. The molecule has 0 saturated heterocycles. The lowest BCUT2D eigenvalue weighted by molar-refractivity contribution is 0.0939. The smallest absolute Gasteiger partial charge is 0.229 e. The molecule has 2 aromatic rings. The quantitative estimate of drug-likeness (QED) is 0.842. The van der Waals surface area contributed by atoms with Gasteiger partial charge < -0.3 is 5.32 Å². The van der Waals surface area contributed by atoms with Crippen molar-refractivity contribution in [3.63, 3.8) is 0 Å². The van der Waals surface area contributed by atoms with Crippen molar-refractivity contribution in [1.29, 1.82) is 0 Å². The van der Waals surface area contributed by atoms with Crippen molar-refractivity contribution in [3.05, 3.63) is 18.1 Å². The molecule has 2 aromatic heterocycles. The minimum atomic E-state index is -0.0271. The van der Waals surface area contributed by atoms with Crippen molar-refractivity contribution in [2.45, 2.75) is 33.6 Å². The molecule has 0 aliphatic carbocycles. The van der Waals surface area contributed by atoms with Crippen molar-refractivity contribution in [3.8, 4) is 0 Å². The Balaban J connectivity index is 2.44. The lowest BCUT2D eigenvalue weighted by Crippen LogP contribution is -2.08. The largest absolute Gasteiger partial charge is 0.369 e. The van der Waals surface area contributed by atoms with Crippen LogP contribution in [0.5, 0.6) is 0 Å². The van der Waals surface area contributed by atoms with Crippen molar-refractivity contribution < 1.29 is 4.79 Å². The van der Waals surface area contributed by atoms with Crippen LogP contribution in [0, 0.1) is 6.92 Å². The third kappa shape index (κ3) is 2.20. The maximum Gasteiger partial charge on any atom is 0.229 e. The second kappa shape index (κ2) is 5.16. The van der Waals surface area contributed by atoms with Crippen LogP contribution >= 0.6 is 0 Å². The van der Waals surface area contributed by atoms with E-state index in [0.717, 1.165) is 36.3 Å². The molecular weight excluding hydrogens is 228 g/mol. The van der Waals surface area contributed by atoms with E-state index in [2.05, 4.69) is 22.2 Å². The standard InChI is InChI=1S/C13H18N4O/c1-4-5-6-14-12-11-7-9(2)17(10(3)18)13(11)16-8-15-12/h7-8H,4-6H2,1-3H3,(H,14,15,16). The maximum absolute atomic E-state index is 11.6. The number of nitrogens with one attached hydrogen (secondary N) is 1. The Morgan fingerprint density at radius 2 is 2.22 bits per heavy atom. The normalized spacial score (nSPS) is 10.8. The van der Waals surface area contributed by atoms with Gasteiger partial charge in [-0.1, -0.05) is 13.3 Å². The molecule has 2 heterocycles. The summed E-state index contributed by atoms with van der Waals surface area (Å²) < 4.78 is 1.61. The number of anilines is 1. The molecule has 0 bridgehead atoms. The number of hydrogen-bond donors (Lipinski definition) is 1. The van der Waals surface area contributed by atoms with Gasteiger partial charge in [0, 0.05) is 19.2 Å². The van der Waals surface area contributed by atoms with Crippen LogP contribution < -0.4 is 5.32 Å². The van der Waals surface area contributed by atoms with Gasteiger partial charge in [-0.25, -0.2) is 9.97 Å². The molecule has 0 radical (unpaired) electrons. The molecule has 0 amide bonds. The van der Waals surface area contributed by atoms with E-state index in [9.17, 15) is 4.79 Å². The Morgan fingerprint density at radius 1 is 1.44 bits per heavy atom. The van der Waals surface area contributed by atoms with E-state index in [4.69, 9.17) is 0 Å². The Hall–Kier alpha value is -1.91. The number of aromatic nitrogens is 3. The summed E-state index contributed by atoms with van der Waals surface area (Å²) in [6.07, 6.45) is 3.72. The molecule has 0 aromatic carbocycles. The van der Waals surface area contributed by atoms with E-state index in [1.807, 2.05) is 13.0 Å². The van der Waals surface area contributed by atoms with Gasteiger partial charge >= 0.3 is 0 Å². The van der Waals surface area contributed by atoms with Crippen LogP contribution in [0.1, 0.15) is 37.2 Å². The summed E-state index contributed by atoms with van der Waals surface area (Å²) in [5, 5.41) is 4.20. The minimum Gasteiger partial charge on any atom is -0.369 e. The Bertz CT molecular complexity index is 574. The van der Waals surface area contributed by atoms with Gasteiger partial charge in [-0.05, 0) is 19.4 Å². The topological polar surface area (TPSA) is 59.8 Å². The van der Waals surface area contributed by atoms with Gasteiger partial charge in [0.25, 0.3) is 0 Å². The molecule has 0 aliphatic rings. The monoisotopic (exact) mass is 246 g/mol. The van der Waals surface area contributed by atoms with E-state index in [0.29, 0.717) is 5.65 Å². The first kappa shape index (κ1) is 12.5. The van der Waals surface area contributed by atoms with E-state index < -0.39 is 0 Å². The zero-order valence-electron chi connectivity index (χ0n) is 11.0. The lowest BCUT2D eigenvalue weighted by atomic mass is 10.3. The van der Waals surface area contributed by atoms with Crippen LogP contribution in [-0.4, -0.2) is 27.0 Å². The van der Waals surface area contributed by atoms with Crippen LogP contribution in [0.2, 0.25) is 0 Å². The number of carbonyl (C=O) groups is 1. The molecule has 0 saturated carbocycles. The summed E-state index contributed by atoms with van der Waals surface area (Å²) in [6, 6.07) is 1.95. The van der Waals surface area contributed by atoms with Crippen molar-refractivity contribution in [2.75, 3.05) is 11.9 Å². The summed E-state index contributed by atoms with van der Waals surface area (Å²) in [5.74, 6) is 0.775. The van der Waals surface area contributed by atoms with Gasteiger partial charge in [-0.3, -0.25) is 9.36 Å². The summed E-state index contributed by atoms with van der Waals surface area (Å²) in [7, 11) is 0. The van der Waals surface area contributed by atoms with Crippen LogP contribution in [0.15, 0.2) is 12.4 Å². The molecule has 0 aliphatic heterocycles. The lowest BCUT2D eigenvalue weighted by Gasteiger charge is -2.06. The van der Waals surface area contributed by atoms with Crippen molar-refractivity contribution in [1.82, 2.24) is 14.5 Å². The Labute approximate surface area is 106 Å². The van der Waals surface area contributed by atoms with Gasteiger partial charge in [-0.2, -0.15) is 0 Å². The highest BCUT2D eigenvalue weighted by Gasteiger charge is 2.13. The second-order valence-electron chi connectivity index (χ2n) is 4.38. The van der Waals surface area contributed by atoms with Gasteiger partial charge in [0.2, 0.25) is 5.91 Å². The van der Waals surface area contributed by atoms with Crippen LogP contribution in [0.4, 0.5) is 5.82 Å². The molecule has 0 atom stereocenters. The zero-order valence-corrected chi connectivity index (χ0v) is 11.0. The number of carbonyl (C=O) groups excluding carboxylic acids is 1. The number of fused-ring (bicyclic) bond motifs is 1. The minimum absolute atomic E-state index is 0.0271. The summed E-state index contributed by atoms with van der Waals surface area (Å²) in [6.45, 7) is 6.47. The van der Waals surface area contributed by atoms with Crippen molar-refractivity contribution in [2.24, 2.45) is 0 Å². The van der Waals surface area contributed by atoms with E-state index in [-0.39, 0.29) is 5.91 Å². The number of hydrogen-bond acceptors (Lipinski definition) is 4. The third-order valence-electron chi connectivity index (χ3n) is 2.92. The Kier molecular flexibility index (Phi) is 3.60. The van der Waals surface area contributed by atoms with Gasteiger partial charge in [0.1, 0.15) is 12.1 Å². The highest BCUT2D eigenvalue weighted by atomic mass is 16.1. The Morgan fingerprint density at radius 3 is 2.89 bits per heavy atom. The zero-order chi connectivity index (χ0) is 13.1. The molecule has 96 valence electrons. The SMILES string of the molecule is CCCCNc1ncnc2c1cc(C)n2C(C)=O. The first-order chi connectivity index (χ1) is 8.65. The molecule has 2 rings (SSSR count). The number of unbranched alkanes of at least 4 members (excludes halogenated alkanes) is 1. The fourth-order valence-electron chi connectivity index (χ4n) is 2.06. The average molecular weight is 246 g/mol. The summed E-state index contributed by atoms with van der Waals surface area (Å²) in [5.41, 5.74) is 1.56. The molecule has 0 spiro atoms. The molecule has 1 N–H and O–H groups in total. The van der Waals surface area contributed by atoms with Gasteiger partial charge in [0.15, 0.2) is 5.65 Å². The molecule has 18 heavy (non-hydrogen) atoms. The first-order valence-corrected chi connectivity index (χ1v) is 6.23. The molecule has 5 heteroatoms. The average Bonchev–Trinajstić information content (AvgIpc) is 2.66. The van der Waals surface area contributed by atoms with Crippen LogP contribution in [0.3, 0.4) is 0 Å². The fourth-order valence-corrected chi connectivity index (χ4v) is 2.06. The molecule has 0 fully saturated rings. The predicted molar refractivity (Wildman–Crippen MR) is 72.0 cm³/mol. The van der Waals surface area contributed by atoms with Crippen LogP contribution in [0.25, 0.3) is 11.0 Å². The number of aryl methyl sites for hydroxylation is 1. The fraction of sp³-hybridized carbons (Fsp3) is 0.462. The van der Waals surface area contributed by atoms with E-state index in [1.165, 1.54) is 6.33 Å². The van der Waals surface area contributed by atoms with Gasteiger partial charge in [-0.15, -0.1) is 0 Å². The third-order valence-corrected chi connectivity index (χ3v) is 2.92. The summed E-state index contributed by atoms with van der Waals surface area (Å²) in [4.78, 5) is 20.0.